The predicted molar refractivity (Wildman–Crippen MR) is 136 cm³/mol. The zero-order valence-electron chi connectivity index (χ0n) is 20.1. The van der Waals surface area contributed by atoms with E-state index >= 15 is 0 Å². The molecule has 0 radical (unpaired) electrons. The largest absolute Gasteiger partial charge is 0.476 e. The Labute approximate surface area is 219 Å². The van der Waals surface area contributed by atoms with Crippen LogP contribution in [0.15, 0.2) is 59.5 Å². The van der Waals surface area contributed by atoms with Gasteiger partial charge in [0, 0.05) is 24.4 Å². The van der Waals surface area contributed by atoms with Gasteiger partial charge in [0.05, 0.1) is 23.3 Å². The lowest BCUT2D eigenvalue weighted by Crippen LogP contribution is -2.26. The molecule has 5 rings (SSSR count). The second kappa shape index (κ2) is 9.32. The molecule has 8 nitrogen and oxygen atoms in total. The summed E-state index contributed by atoms with van der Waals surface area (Å²) < 4.78 is 42.2. The fourth-order valence-corrected chi connectivity index (χ4v) is 4.86. The van der Waals surface area contributed by atoms with E-state index in [-0.39, 0.29) is 28.1 Å². The van der Waals surface area contributed by atoms with Crippen molar-refractivity contribution >= 4 is 34.7 Å². The molecule has 0 amide bonds. The van der Waals surface area contributed by atoms with Gasteiger partial charge in [0.1, 0.15) is 16.6 Å². The molecule has 3 aromatic heterocycles. The summed E-state index contributed by atoms with van der Waals surface area (Å²) in [5.41, 5.74) is 0.154. The third-order valence-electron chi connectivity index (χ3n) is 6.61. The van der Waals surface area contributed by atoms with Crippen LogP contribution in [0.3, 0.4) is 0 Å². The van der Waals surface area contributed by atoms with Gasteiger partial charge in [0.25, 0.3) is 5.56 Å². The molecule has 0 spiro atoms. The molecule has 2 N–H and O–H groups in total. The molecular formula is C26H21ClF3N5O3. The van der Waals surface area contributed by atoms with E-state index < -0.39 is 35.0 Å². The number of carbonyl (C=O) groups is 1. The van der Waals surface area contributed by atoms with Gasteiger partial charge in [0.2, 0.25) is 0 Å². The van der Waals surface area contributed by atoms with Gasteiger partial charge in [0.15, 0.2) is 5.69 Å². The van der Waals surface area contributed by atoms with Crippen molar-refractivity contribution in [2.75, 3.05) is 10.2 Å². The highest BCUT2D eigenvalue weighted by molar-refractivity contribution is 6.29. The summed E-state index contributed by atoms with van der Waals surface area (Å²) in [7, 11) is 0. The fourth-order valence-electron chi connectivity index (χ4n) is 4.72. The Balaban J connectivity index is 1.65. The molecule has 196 valence electrons. The molecule has 4 heterocycles. The highest BCUT2D eigenvalue weighted by Gasteiger charge is 2.34. The normalized spacial score (nSPS) is 15.9. The number of hydrogen-bond acceptors (Lipinski definition) is 6. The molecule has 38 heavy (non-hydrogen) atoms. The zero-order chi connectivity index (χ0) is 27.4. The summed E-state index contributed by atoms with van der Waals surface area (Å²) in [6.45, 7) is 4.00. The first kappa shape index (κ1) is 25.5. The lowest BCUT2D eigenvalue weighted by Gasteiger charge is -2.25. The van der Waals surface area contributed by atoms with Crippen LogP contribution in [-0.4, -0.2) is 25.4 Å². The van der Waals surface area contributed by atoms with Gasteiger partial charge in [-0.3, -0.25) is 9.20 Å². The number of halogens is 4. The molecule has 2 atom stereocenters. The number of aromatic nitrogens is 3. The van der Waals surface area contributed by atoms with Crippen LogP contribution < -0.4 is 15.8 Å². The highest BCUT2D eigenvalue weighted by atomic mass is 35.5. The summed E-state index contributed by atoms with van der Waals surface area (Å²) in [6.07, 6.45) is -4.01. The molecule has 4 aromatic rings. The number of aromatic carboxylic acids is 1. The van der Waals surface area contributed by atoms with Crippen LogP contribution in [0, 0.1) is 0 Å². The van der Waals surface area contributed by atoms with Crippen LogP contribution in [-0.2, 0) is 12.7 Å². The maximum atomic E-state index is 13.8. The summed E-state index contributed by atoms with van der Waals surface area (Å²) in [5, 5.41) is 12.4. The minimum atomic E-state index is -4.74. The number of hydrogen-bond donors (Lipinski definition) is 2. The van der Waals surface area contributed by atoms with E-state index in [0.29, 0.717) is 12.4 Å². The first-order valence-electron chi connectivity index (χ1n) is 11.6. The van der Waals surface area contributed by atoms with E-state index in [9.17, 15) is 27.9 Å². The van der Waals surface area contributed by atoms with Gasteiger partial charge in [-0.05, 0) is 43.2 Å². The Morgan fingerprint density at radius 2 is 1.92 bits per heavy atom. The minimum absolute atomic E-state index is 0.0162. The van der Waals surface area contributed by atoms with Gasteiger partial charge < -0.3 is 15.3 Å². The molecule has 0 saturated carbocycles. The van der Waals surface area contributed by atoms with Gasteiger partial charge >= 0.3 is 12.1 Å². The minimum Gasteiger partial charge on any atom is -0.476 e. The standard InChI is InChI=1S/C26H21ClF3N5O3/c1-13(31-19-7-8-20(27)32-23(19)25(37)38)18-9-16(26(28,29)30)12-35-22(36)10-21(33-24(18)35)34-11-15-5-3-4-6-17(15)14(34)2/h3-10,12-14,31H,11H2,1-2H3,(H,37,38)/t13-,14-/m1/s1. The highest BCUT2D eigenvalue weighted by Crippen LogP contribution is 2.37. The number of rotatable bonds is 5. The summed E-state index contributed by atoms with van der Waals surface area (Å²) in [4.78, 5) is 35.2. The fraction of sp³-hybridized carbons (Fsp3) is 0.231. The summed E-state index contributed by atoms with van der Waals surface area (Å²) >= 11 is 5.83. The average Bonchev–Trinajstić information content (AvgIpc) is 3.20. The smallest absolute Gasteiger partial charge is 0.417 e. The molecule has 0 aliphatic carbocycles. The van der Waals surface area contributed by atoms with E-state index in [2.05, 4.69) is 15.3 Å². The Morgan fingerprint density at radius 3 is 2.61 bits per heavy atom. The Bertz CT molecular complexity index is 1640. The van der Waals surface area contributed by atoms with E-state index in [4.69, 9.17) is 11.6 Å². The Hall–Kier alpha value is -4.12. The van der Waals surface area contributed by atoms with Crippen LogP contribution >= 0.6 is 11.6 Å². The van der Waals surface area contributed by atoms with Crippen molar-refractivity contribution in [3.05, 3.63) is 98.2 Å². The van der Waals surface area contributed by atoms with Crippen LogP contribution in [0.25, 0.3) is 5.65 Å². The third-order valence-corrected chi connectivity index (χ3v) is 6.82. The van der Waals surface area contributed by atoms with Crippen LogP contribution in [0.2, 0.25) is 5.15 Å². The van der Waals surface area contributed by atoms with Crippen molar-refractivity contribution in [3.63, 3.8) is 0 Å². The van der Waals surface area contributed by atoms with Gasteiger partial charge in [-0.15, -0.1) is 0 Å². The summed E-state index contributed by atoms with van der Waals surface area (Å²) in [5.74, 6) is -1.04. The predicted octanol–water partition coefficient (Wildman–Crippen LogP) is 5.71. The molecular weight excluding hydrogens is 523 g/mol. The molecule has 0 bridgehead atoms. The van der Waals surface area contributed by atoms with E-state index in [0.717, 1.165) is 27.8 Å². The second-order valence-corrected chi connectivity index (χ2v) is 9.42. The van der Waals surface area contributed by atoms with Crippen molar-refractivity contribution in [1.29, 1.82) is 0 Å². The molecule has 0 fully saturated rings. The zero-order valence-corrected chi connectivity index (χ0v) is 20.9. The van der Waals surface area contributed by atoms with Crippen LogP contribution in [0.1, 0.15) is 58.7 Å². The maximum absolute atomic E-state index is 13.8. The molecule has 1 aliphatic rings. The van der Waals surface area contributed by atoms with Crippen LogP contribution in [0.5, 0.6) is 0 Å². The number of carboxylic acid groups (broad SMARTS) is 1. The quantitative estimate of drug-likeness (QED) is 0.311. The number of carboxylic acids is 1. The summed E-state index contributed by atoms with van der Waals surface area (Å²) in [6, 6.07) is 11.7. The van der Waals surface area contributed by atoms with Gasteiger partial charge in [-0.2, -0.15) is 13.2 Å². The topological polar surface area (TPSA) is 99.8 Å². The van der Waals surface area contributed by atoms with Gasteiger partial charge in [-0.25, -0.2) is 14.8 Å². The lowest BCUT2D eigenvalue weighted by molar-refractivity contribution is -0.137. The molecule has 0 saturated heterocycles. The monoisotopic (exact) mass is 543 g/mol. The van der Waals surface area contributed by atoms with Crippen molar-refractivity contribution < 1.29 is 23.1 Å². The van der Waals surface area contributed by atoms with Crippen molar-refractivity contribution in [2.45, 2.75) is 38.7 Å². The average molecular weight is 544 g/mol. The number of nitrogens with one attached hydrogen (secondary N) is 1. The molecule has 12 heteroatoms. The number of alkyl halides is 3. The lowest BCUT2D eigenvalue weighted by atomic mass is 10.1. The molecule has 1 aliphatic heterocycles. The first-order valence-corrected chi connectivity index (χ1v) is 12.0. The van der Waals surface area contributed by atoms with E-state index in [1.807, 2.05) is 36.1 Å². The Morgan fingerprint density at radius 1 is 1.18 bits per heavy atom. The van der Waals surface area contributed by atoms with E-state index in [1.165, 1.54) is 18.2 Å². The van der Waals surface area contributed by atoms with Crippen LogP contribution in [0.4, 0.5) is 24.7 Å². The van der Waals surface area contributed by atoms with Crippen molar-refractivity contribution in [2.24, 2.45) is 0 Å². The second-order valence-electron chi connectivity index (χ2n) is 9.03. The van der Waals surface area contributed by atoms with Gasteiger partial charge in [-0.1, -0.05) is 35.9 Å². The van der Waals surface area contributed by atoms with Crippen molar-refractivity contribution in [3.8, 4) is 0 Å². The SMILES string of the molecule is C[C@@H]1c2ccccc2CN1c1cc(=O)n2cc(C(F)(F)F)cc([C@@H](C)Nc3ccc(Cl)nc3C(=O)O)c2n1. The number of anilines is 2. The van der Waals surface area contributed by atoms with Crippen molar-refractivity contribution in [1.82, 2.24) is 14.4 Å². The number of benzene rings is 1. The molecule has 1 aromatic carbocycles. The number of fused-ring (bicyclic) bond motifs is 2. The first-order chi connectivity index (χ1) is 17.9. The maximum Gasteiger partial charge on any atom is 0.417 e. The third kappa shape index (κ3) is 4.53. The Kier molecular flexibility index (Phi) is 6.26. The molecule has 0 unspecified atom stereocenters. The number of nitrogens with zero attached hydrogens (tertiary/aromatic N) is 4. The number of pyridine rings is 2. The van der Waals surface area contributed by atoms with E-state index in [1.54, 1.807) is 6.92 Å².